The first-order valence-electron chi connectivity index (χ1n) is 6.19. The van der Waals surface area contributed by atoms with Crippen LogP contribution in [0.1, 0.15) is 25.3 Å². The number of carbonyl (C=O) groups excluding carboxylic acids is 1. The van der Waals surface area contributed by atoms with Crippen molar-refractivity contribution in [3.05, 3.63) is 23.8 Å². The van der Waals surface area contributed by atoms with Gasteiger partial charge in [-0.2, -0.15) is 5.26 Å². The number of para-hydroxylation sites is 1. The van der Waals surface area contributed by atoms with Crippen molar-refractivity contribution >= 4 is 11.6 Å². The lowest BCUT2D eigenvalue weighted by Crippen LogP contribution is -2.28. The Morgan fingerprint density at radius 3 is 2.89 bits per heavy atom. The van der Waals surface area contributed by atoms with E-state index in [4.69, 9.17) is 14.7 Å². The third kappa shape index (κ3) is 2.85. The average Bonchev–Trinajstić information content (AvgIpc) is 2.85. The van der Waals surface area contributed by atoms with Crippen LogP contribution < -0.4 is 10.1 Å². The summed E-state index contributed by atoms with van der Waals surface area (Å²) in [6.45, 7) is 1.94. The van der Waals surface area contributed by atoms with Crippen LogP contribution in [0, 0.1) is 11.3 Å². The van der Waals surface area contributed by atoms with Crippen molar-refractivity contribution in [2.75, 3.05) is 12.4 Å². The first-order chi connectivity index (χ1) is 9.15. The molecule has 1 aromatic rings. The lowest BCUT2D eigenvalue weighted by molar-refractivity contribution is -0.126. The number of carbonyl (C=O) groups is 1. The molecule has 2 rings (SSSR count). The number of nitrogens with zero attached hydrogens (tertiary/aromatic N) is 1. The summed E-state index contributed by atoms with van der Waals surface area (Å²) in [5.41, 5.74) is 0.777. The molecule has 2 atom stereocenters. The summed E-state index contributed by atoms with van der Waals surface area (Å²) < 4.78 is 10.7. The zero-order valence-corrected chi connectivity index (χ0v) is 11.0. The predicted molar refractivity (Wildman–Crippen MR) is 69.9 cm³/mol. The van der Waals surface area contributed by atoms with Crippen LogP contribution in [0.25, 0.3) is 0 Å². The molecule has 1 saturated heterocycles. The standard InChI is InChI=1S/C14H16N2O3/c1-9-6-7-12(19-9)14(17)16-13-10(8-15)4-3-5-11(13)18-2/h3-5,9,12H,6-7H2,1-2H3,(H,16,17). The van der Waals surface area contributed by atoms with Gasteiger partial charge in [0.25, 0.3) is 5.91 Å². The van der Waals surface area contributed by atoms with E-state index in [0.29, 0.717) is 23.4 Å². The van der Waals surface area contributed by atoms with E-state index >= 15 is 0 Å². The number of methoxy groups -OCH3 is 1. The topological polar surface area (TPSA) is 71.3 Å². The molecule has 1 heterocycles. The third-order valence-electron chi connectivity index (χ3n) is 3.14. The van der Waals surface area contributed by atoms with Crippen LogP contribution in [0.4, 0.5) is 5.69 Å². The fourth-order valence-corrected chi connectivity index (χ4v) is 2.12. The summed E-state index contributed by atoms with van der Waals surface area (Å²) in [5.74, 6) is 0.240. The Morgan fingerprint density at radius 2 is 2.32 bits per heavy atom. The minimum Gasteiger partial charge on any atom is -0.495 e. The van der Waals surface area contributed by atoms with Crippen molar-refractivity contribution in [3.63, 3.8) is 0 Å². The molecule has 1 aliphatic heterocycles. The minimum absolute atomic E-state index is 0.101. The van der Waals surface area contributed by atoms with Crippen molar-refractivity contribution in [3.8, 4) is 11.8 Å². The molecule has 19 heavy (non-hydrogen) atoms. The Hall–Kier alpha value is -2.06. The summed E-state index contributed by atoms with van der Waals surface area (Å²) in [4.78, 5) is 12.1. The fourth-order valence-electron chi connectivity index (χ4n) is 2.12. The van der Waals surface area contributed by atoms with Gasteiger partial charge in [0.1, 0.15) is 23.6 Å². The highest BCUT2D eigenvalue weighted by molar-refractivity contribution is 5.97. The maximum atomic E-state index is 12.1. The van der Waals surface area contributed by atoms with Crippen LogP contribution >= 0.6 is 0 Å². The molecule has 0 aliphatic carbocycles. The molecule has 0 radical (unpaired) electrons. The Labute approximate surface area is 112 Å². The van der Waals surface area contributed by atoms with Crippen LogP contribution in [0.5, 0.6) is 5.75 Å². The number of hydrogen-bond acceptors (Lipinski definition) is 4. The second-order valence-corrected chi connectivity index (χ2v) is 4.50. The lowest BCUT2D eigenvalue weighted by Gasteiger charge is -2.15. The Bertz CT molecular complexity index is 522. The number of hydrogen-bond donors (Lipinski definition) is 1. The zero-order chi connectivity index (χ0) is 13.8. The van der Waals surface area contributed by atoms with Crippen LogP contribution in [0.2, 0.25) is 0 Å². The summed E-state index contributed by atoms with van der Waals surface area (Å²) in [7, 11) is 1.50. The highest BCUT2D eigenvalue weighted by Crippen LogP contribution is 2.29. The zero-order valence-electron chi connectivity index (χ0n) is 11.0. The highest BCUT2D eigenvalue weighted by Gasteiger charge is 2.29. The van der Waals surface area contributed by atoms with Gasteiger partial charge in [-0.05, 0) is 31.9 Å². The van der Waals surface area contributed by atoms with Gasteiger partial charge in [-0.15, -0.1) is 0 Å². The molecular formula is C14H16N2O3. The number of ether oxygens (including phenoxy) is 2. The van der Waals surface area contributed by atoms with E-state index in [-0.39, 0.29) is 12.0 Å². The molecule has 0 saturated carbocycles. The Balaban J connectivity index is 2.19. The van der Waals surface area contributed by atoms with Crippen LogP contribution in [-0.2, 0) is 9.53 Å². The maximum absolute atomic E-state index is 12.1. The molecule has 100 valence electrons. The molecule has 1 N–H and O–H groups in total. The largest absolute Gasteiger partial charge is 0.495 e. The summed E-state index contributed by atoms with van der Waals surface area (Å²) in [6.07, 6.45) is 1.22. The van der Waals surface area contributed by atoms with Gasteiger partial charge >= 0.3 is 0 Å². The van der Waals surface area contributed by atoms with E-state index < -0.39 is 6.10 Å². The van der Waals surface area contributed by atoms with Gasteiger partial charge in [0.05, 0.1) is 18.8 Å². The summed E-state index contributed by atoms with van der Waals surface area (Å²) >= 11 is 0. The molecule has 2 unspecified atom stereocenters. The molecule has 0 bridgehead atoms. The van der Waals surface area contributed by atoms with Gasteiger partial charge in [-0.3, -0.25) is 4.79 Å². The molecule has 1 aromatic carbocycles. The highest BCUT2D eigenvalue weighted by atomic mass is 16.5. The van der Waals surface area contributed by atoms with Crippen LogP contribution in [0.15, 0.2) is 18.2 Å². The second-order valence-electron chi connectivity index (χ2n) is 4.50. The van der Waals surface area contributed by atoms with E-state index in [0.717, 1.165) is 6.42 Å². The van der Waals surface area contributed by atoms with E-state index in [1.165, 1.54) is 7.11 Å². The molecule has 1 amide bonds. The van der Waals surface area contributed by atoms with Gasteiger partial charge < -0.3 is 14.8 Å². The lowest BCUT2D eigenvalue weighted by atomic mass is 10.1. The number of benzene rings is 1. The monoisotopic (exact) mass is 260 g/mol. The van der Waals surface area contributed by atoms with Gasteiger partial charge in [0, 0.05) is 0 Å². The summed E-state index contributed by atoms with van der Waals surface area (Å²) in [5, 5.41) is 11.8. The minimum atomic E-state index is -0.452. The summed E-state index contributed by atoms with van der Waals surface area (Å²) in [6, 6.07) is 7.09. The van der Waals surface area contributed by atoms with Crippen molar-refractivity contribution in [1.29, 1.82) is 5.26 Å². The number of nitriles is 1. The van der Waals surface area contributed by atoms with E-state index in [9.17, 15) is 4.79 Å². The van der Waals surface area contributed by atoms with Crippen LogP contribution in [0.3, 0.4) is 0 Å². The van der Waals surface area contributed by atoms with Gasteiger partial charge in [-0.25, -0.2) is 0 Å². The van der Waals surface area contributed by atoms with Crippen molar-refractivity contribution in [2.45, 2.75) is 32.0 Å². The van der Waals surface area contributed by atoms with Crippen molar-refractivity contribution in [1.82, 2.24) is 0 Å². The van der Waals surface area contributed by atoms with E-state index in [1.54, 1.807) is 18.2 Å². The van der Waals surface area contributed by atoms with Gasteiger partial charge in [-0.1, -0.05) is 6.07 Å². The van der Waals surface area contributed by atoms with Gasteiger partial charge in [0.15, 0.2) is 0 Å². The van der Waals surface area contributed by atoms with E-state index in [2.05, 4.69) is 5.32 Å². The maximum Gasteiger partial charge on any atom is 0.253 e. The number of rotatable bonds is 3. The fraction of sp³-hybridized carbons (Fsp3) is 0.429. The molecule has 5 nitrogen and oxygen atoms in total. The molecular weight excluding hydrogens is 244 g/mol. The molecule has 1 aliphatic rings. The van der Waals surface area contributed by atoms with Crippen LogP contribution in [-0.4, -0.2) is 25.2 Å². The Morgan fingerprint density at radius 1 is 1.53 bits per heavy atom. The molecule has 5 heteroatoms. The number of nitrogens with one attached hydrogen (secondary N) is 1. The molecule has 1 fully saturated rings. The van der Waals surface area contributed by atoms with Crippen molar-refractivity contribution < 1.29 is 14.3 Å². The molecule has 0 aromatic heterocycles. The molecule has 0 spiro atoms. The second kappa shape index (κ2) is 5.72. The quantitative estimate of drug-likeness (QED) is 0.903. The van der Waals surface area contributed by atoms with Crippen molar-refractivity contribution in [2.24, 2.45) is 0 Å². The smallest absolute Gasteiger partial charge is 0.253 e. The first kappa shape index (κ1) is 13.4. The van der Waals surface area contributed by atoms with Gasteiger partial charge in [0.2, 0.25) is 0 Å². The van der Waals surface area contributed by atoms with E-state index in [1.807, 2.05) is 13.0 Å². The SMILES string of the molecule is COc1cccc(C#N)c1NC(=O)C1CCC(C)O1. The first-order valence-corrected chi connectivity index (χ1v) is 6.19. The third-order valence-corrected chi connectivity index (χ3v) is 3.14. The number of amides is 1. The average molecular weight is 260 g/mol. The predicted octanol–water partition coefficient (Wildman–Crippen LogP) is 2.07. The Kier molecular flexibility index (Phi) is 4.03. The normalized spacial score (nSPS) is 21.7. The number of anilines is 1.